The maximum Gasteiger partial charge on any atom is 0.328 e. The van der Waals surface area contributed by atoms with Gasteiger partial charge >= 0.3 is 5.69 Å². The molecule has 0 aliphatic heterocycles. The van der Waals surface area contributed by atoms with Gasteiger partial charge in [-0.1, -0.05) is 30.3 Å². The van der Waals surface area contributed by atoms with Crippen molar-refractivity contribution in [2.45, 2.75) is 0 Å². The van der Waals surface area contributed by atoms with E-state index in [1.807, 2.05) is 28.2 Å². The summed E-state index contributed by atoms with van der Waals surface area (Å²) in [5.41, 5.74) is -1.74. The average molecular weight is 343 g/mol. The zero-order valence-corrected chi connectivity index (χ0v) is 12.7. The first-order chi connectivity index (χ1) is 12.0. The molecule has 10 nitrogen and oxygen atoms in total. The van der Waals surface area contributed by atoms with Crippen LogP contribution in [0.5, 0.6) is 5.88 Å². The van der Waals surface area contributed by atoms with Gasteiger partial charge in [0, 0.05) is 6.08 Å². The molecule has 2 amide bonds. The van der Waals surface area contributed by atoms with Crippen LogP contribution in [0.3, 0.4) is 0 Å². The van der Waals surface area contributed by atoms with E-state index in [4.69, 9.17) is 0 Å². The Morgan fingerprint density at radius 1 is 1.16 bits per heavy atom. The van der Waals surface area contributed by atoms with Crippen LogP contribution in [0.4, 0.5) is 5.69 Å². The van der Waals surface area contributed by atoms with Crippen LogP contribution in [0.25, 0.3) is 6.08 Å². The quantitative estimate of drug-likeness (QED) is 0.451. The van der Waals surface area contributed by atoms with Crippen molar-refractivity contribution in [3.63, 3.8) is 0 Å². The zero-order chi connectivity index (χ0) is 18.2. The number of aromatic hydroxyl groups is 1. The largest absolute Gasteiger partial charge is 0.493 e. The SMILES string of the molecule is O=C(CNC(=O)C=Cc1ccccc1)N=Nc1c(O)[nH]c(=O)[nH]c1=O. The number of rotatable bonds is 5. The van der Waals surface area contributed by atoms with Crippen LogP contribution in [0.15, 0.2) is 56.2 Å². The highest BCUT2D eigenvalue weighted by Gasteiger charge is 2.08. The predicted octanol–water partition coefficient (Wildman–Crippen LogP) is 0.209. The van der Waals surface area contributed by atoms with E-state index in [0.29, 0.717) is 0 Å². The minimum Gasteiger partial charge on any atom is -0.493 e. The number of carbonyl (C=O) groups is 2. The van der Waals surface area contributed by atoms with Crippen molar-refractivity contribution in [1.82, 2.24) is 15.3 Å². The van der Waals surface area contributed by atoms with E-state index in [1.165, 1.54) is 6.08 Å². The lowest BCUT2D eigenvalue weighted by Crippen LogP contribution is -2.26. The van der Waals surface area contributed by atoms with Crippen LogP contribution in [-0.2, 0) is 9.59 Å². The standard InChI is InChI=1S/C15H13N5O5/c21-10(7-6-9-4-2-1-3-5-9)16-8-11(22)19-20-12-13(23)17-15(25)18-14(12)24/h1-7H,8H2,(H,16,21)(H3,17,18,23,24,25). The number of nitrogens with one attached hydrogen (secondary N) is 3. The maximum absolute atomic E-state index is 11.6. The molecule has 2 rings (SSSR count). The number of aromatic nitrogens is 2. The normalized spacial score (nSPS) is 11.0. The first kappa shape index (κ1) is 17.5. The highest BCUT2D eigenvalue weighted by Crippen LogP contribution is 2.15. The van der Waals surface area contributed by atoms with E-state index in [9.17, 15) is 24.3 Å². The first-order valence-corrected chi connectivity index (χ1v) is 6.97. The highest BCUT2D eigenvalue weighted by atomic mass is 16.3. The van der Waals surface area contributed by atoms with Crippen molar-refractivity contribution in [2.24, 2.45) is 10.2 Å². The molecule has 2 aromatic rings. The minimum atomic E-state index is -1.01. The molecule has 25 heavy (non-hydrogen) atoms. The summed E-state index contributed by atoms with van der Waals surface area (Å²) in [7, 11) is 0. The molecule has 10 heteroatoms. The molecule has 0 fully saturated rings. The summed E-state index contributed by atoms with van der Waals surface area (Å²) in [5, 5.41) is 18.1. The summed E-state index contributed by atoms with van der Waals surface area (Å²) in [6.45, 7) is -0.455. The van der Waals surface area contributed by atoms with E-state index in [0.717, 1.165) is 5.56 Å². The van der Waals surface area contributed by atoms with Crippen molar-refractivity contribution in [1.29, 1.82) is 0 Å². The van der Waals surface area contributed by atoms with Gasteiger partial charge in [-0.3, -0.25) is 24.4 Å². The fraction of sp³-hybridized carbons (Fsp3) is 0.0667. The molecule has 0 saturated heterocycles. The van der Waals surface area contributed by atoms with Gasteiger partial charge in [0.15, 0.2) is 0 Å². The van der Waals surface area contributed by atoms with Gasteiger partial charge in [-0.25, -0.2) is 4.79 Å². The summed E-state index contributed by atoms with van der Waals surface area (Å²) in [4.78, 5) is 49.1. The number of hydrogen-bond donors (Lipinski definition) is 4. The number of aromatic amines is 2. The Labute approximate surface area is 139 Å². The Morgan fingerprint density at radius 2 is 1.88 bits per heavy atom. The second-order valence-corrected chi connectivity index (χ2v) is 4.66. The number of amides is 2. The van der Waals surface area contributed by atoms with Crippen molar-refractivity contribution >= 4 is 23.6 Å². The van der Waals surface area contributed by atoms with Gasteiger partial charge in [0.2, 0.25) is 17.5 Å². The Balaban J connectivity index is 1.90. The van der Waals surface area contributed by atoms with Gasteiger partial charge in [-0.2, -0.15) is 0 Å². The molecule has 128 valence electrons. The maximum atomic E-state index is 11.6. The molecule has 1 aromatic heterocycles. The molecule has 1 aromatic carbocycles. The van der Waals surface area contributed by atoms with Crippen LogP contribution in [0.1, 0.15) is 5.56 Å². The van der Waals surface area contributed by atoms with E-state index >= 15 is 0 Å². The summed E-state index contributed by atoms with van der Waals surface area (Å²) < 4.78 is 0. The predicted molar refractivity (Wildman–Crippen MR) is 87.4 cm³/mol. The monoisotopic (exact) mass is 343 g/mol. The smallest absolute Gasteiger partial charge is 0.328 e. The Morgan fingerprint density at radius 3 is 2.56 bits per heavy atom. The number of azo groups is 1. The lowest BCUT2D eigenvalue weighted by atomic mass is 10.2. The van der Waals surface area contributed by atoms with Gasteiger partial charge in [0.25, 0.3) is 11.5 Å². The first-order valence-electron chi connectivity index (χ1n) is 6.97. The second-order valence-electron chi connectivity index (χ2n) is 4.66. The number of H-pyrrole nitrogens is 2. The van der Waals surface area contributed by atoms with E-state index in [2.05, 4.69) is 15.5 Å². The second kappa shape index (κ2) is 8.15. The Kier molecular flexibility index (Phi) is 5.72. The number of hydrogen-bond acceptors (Lipinski definition) is 6. The number of benzene rings is 1. The van der Waals surface area contributed by atoms with Gasteiger partial charge < -0.3 is 10.4 Å². The Bertz CT molecular complexity index is 943. The number of nitrogens with zero attached hydrogens (tertiary/aromatic N) is 2. The van der Waals surface area contributed by atoms with Crippen LogP contribution < -0.4 is 16.6 Å². The van der Waals surface area contributed by atoms with Crippen LogP contribution in [0, 0.1) is 0 Å². The summed E-state index contributed by atoms with van der Waals surface area (Å²) in [6.07, 6.45) is 2.82. The van der Waals surface area contributed by atoms with Crippen molar-refractivity contribution in [2.75, 3.05) is 6.54 Å². The lowest BCUT2D eigenvalue weighted by molar-refractivity contribution is -0.122. The third-order valence-corrected chi connectivity index (χ3v) is 2.80. The molecule has 1 heterocycles. The van der Waals surface area contributed by atoms with E-state index < -0.39 is 41.2 Å². The molecule has 0 spiro atoms. The summed E-state index contributed by atoms with van der Waals surface area (Å²) >= 11 is 0. The third-order valence-electron chi connectivity index (χ3n) is 2.80. The molecule has 0 aliphatic carbocycles. The molecule has 0 bridgehead atoms. The van der Waals surface area contributed by atoms with Crippen LogP contribution >= 0.6 is 0 Å². The molecular weight excluding hydrogens is 330 g/mol. The third kappa shape index (κ3) is 5.39. The molecule has 0 saturated carbocycles. The van der Waals surface area contributed by atoms with Gasteiger partial charge in [0.05, 0.1) is 0 Å². The molecule has 0 aliphatic rings. The molecule has 0 atom stereocenters. The molecule has 4 N–H and O–H groups in total. The molecular formula is C15H13N5O5. The number of carbonyl (C=O) groups excluding carboxylic acids is 2. The Hall–Kier alpha value is -3.82. The van der Waals surface area contributed by atoms with E-state index in [-0.39, 0.29) is 0 Å². The molecule has 0 radical (unpaired) electrons. The minimum absolute atomic E-state index is 0.455. The van der Waals surface area contributed by atoms with E-state index in [1.54, 1.807) is 18.2 Å². The van der Waals surface area contributed by atoms with Gasteiger partial charge in [0.1, 0.15) is 6.54 Å². The fourth-order valence-corrected chi connectivity index (χ4v) is 1.66. The fourth-order valence-electron chi connectivity index (χ4n) is 1.66. The van der Waals surface area contributed by atoms with Crippen LogP contribution in [-0.4, -0.2) is 33.4 Å². The zero-order valence-electron chi connectivity index (χ0n) is 12.7. The average Bonchev–Trinajstić information content (AvgIpc) is 2.58. The van der Waals surface area contributed by atoms with Crippen molar-refractivity contribution < 1.29 is 14.7 Å². The topological polar surface area (TPSA) is 157 Å². The lowest BCUT2D eigenvalue weighted by Gasteiger charge is -1.98. The van der Waals surface area contributed by atoms with Gasteiger partial charge in [-0.15, -0.1) is 10.2 Å². The highest BCUT2D eigenvalue weighted by molar-refractivity contribution is 5.94. The summed E-state index contributed by atoms with van der Waals surface area (Å²) in [6, 6.07) is 9.08. The van der Waals surface area contributed by atoms with Crippen LogP contribution in [0.2, 0.25) is 0 Å². The van der Waals surface area contributed by atoms with Gasteiger partial charge in [-0.05, 0) is 11.6 Å². The molecule has 0 unspecified atom stereocenters. The summed E-state index contributed by atoms with van der Waals surface area (Å²) in [5.74, 6) is -2.19. The van der Waals surface area contributed by atoms with Crippen molar-refractivity contribution in [3.8, 4) is 5.88 Å². The van der Waals surface area contributed by atoms with Crippen molar-refractivity contribution in [3.05, 3.63) is 62.8 Å².